The van der Waals surface area contributed by atoms with Crippen LogP contribution in [0.1, 0.15) is 58.8 Å². The van der Waals surface area contributed by atoms with Crippen molar-refractivity contribution in [3.8, 4) is 0 Å². The summed E-state index contributed by atoms with van der Waals surface area (Å²) in [5.74, 6) is 0.776. The molecule has 2 fully saturated rings. The van der Waals surface area contributed by atoms with Gasteiger partial charge in [0.1, 0.15) is 0 Å². The van der Waals surface area contributed by atoms with Crippen molar-refractivity contribution in [3.05, 3.63) is 0 Å². The van der Waals surface area contributed by atoms with Crippen molar-refractivity contribution in [3.63, 3.8) is 0 Å². The van der Waals surface area contributed by atoms with E-state index in [9.17, 15) is 0 Å². The lowest BCUT2D eigenvalue weighted by Gasteiger charge is -2.18. The third kappa shape index (κ3) is 4.59. The van der Waals surface area contributed by atoms with Crippen LogP contribution in [-0.4, -0.2) is 25.8 Å². The Morgan fingerprint density at radius 3 is 2.76 bits per heavy atom. The van der Waals surface area contributed by atoms with Gasteiger partial charge in [0.2, 0.25) is 0 Å². The molecule has 0 aromatic carbocycles. The van der Waals surface area contributed by atoms with E-state index in [4.69, 9.17) is 4.74 Å². The summed E-state index contributed by atoms with van der Waals surface area (Å²) in [7, 11) is 0. The fourth-order valence-corrected chi connectivity index (χ4v) is 2.89. The van der Waals surface area contributed by atoms with Gasteiger partial charge in [-0.2, -0.15) is 0 Å². The molecule has 2 heteroatoms. The predicted molar refractivity (Wildman–Crippen MR) is 72.2 cm³/mol. The number of hydrogen-bond donors (Lipinski definition) is 1. The minimum absolute atomic E-state index is 0.592. The summed E-state index contributed by atoms with van der Waals surface area (Å²) in [5, 5.41) is 3.63. The Hall–Kier alpha value is -0.0800. The van der Waals surface area contributed by atoms with E-state index in [0.29, 0.717) is 11.5 Å². The summed E-state index contributed by atoms with van der Waals surface area (Å²) in [5.41, 5.74) is 0.674. The second-order valence-corrected chi connectivity index (χ2v) is 6.55. The summed E-state index contributed by atoms with van der Waals surface area (Å²) in [6, 6.07) is 0. The van der Waals surface area contributed by atoms with Crippen molar-refractivity contribution in [1.82, 2.24) is 5.32 Å². The highest BCUT2D eigenvalue weighted by Crippen LogP contribution is 2.49. The Labute approximate surface area is 107 Å². The van der Waals surface area contributed by atoms with E-state index < -0.39 is 0 Å². The monoisotopic (exact) mass is 239 g/mol. The van der Waals surface area contributed by atoms with Crippen LogP contribution in [-0.2, 0) is 4.74 Å². The first-order valence-corrected chi connectivity index (χ1v) is 7.53. The minimum Gasteiger partial charge on any atom is -0.378 e. The molecule has 1 N–H and O–H groups in total. The Kier molecular flexibility index (Phi) is 4.87. The highest BCUT2D eigenvalue weighted by Gasteiger charge is 2.41. The molecule has 1 aliphatic carbocycles. The molecule has 0 amide bonds. The number of nitrogens with one attached hydrogen (secondary N) is 1. The van der Waals surface area contributed by atoms with Crippen molar-refractivity contribution in [2.45, 2.75) is 64.9 Å². The molecule has 0 radical (unpaired) electrons. The molecule has 0 aromatic rings. The van der Waals surface area contributed by atoms with Gasteiger partial charge in [-0.1, -0.05) is 20.3 Å². The average molecular weight is 239 g/mol. The largest absolute Gasteiger partial charge is 0.378 e. The molecule has 1 atom stereocenters. The highest BCUT2D eigenvalue weighted by molar-refractivity contribution is 4.94. The van der Waals surface area contributed by atoms with Gasteiger partial charge in [-0.05, 0) is 56.4 Å². The zero-order valence-corrected chi connectivity index (χ0v) is 11.6. The van der Waals surface area contributed by atoms with Crippen molar-refractivity contribution in [2.24, 2.45) is 11.3 Å². The first-order chi connectivity index (χ1) is 8.20. The van der Waals surface area contributed by atoms with Gasteiger partial charge in [0, 0.05) is 13.2 Å². The van der Waals surface area contributed by atoms with Crippen LogP contribution in [0.4, 0.5) is 0 Å². The molecule has 2 aliphatic rings. The standard InChI is InChI=1S/C15H29NO/c1-13(2)11-16-12-15(8-9-15)7-3-5-14-6-4-10-17-14/h13-14,16H,3-12H2,1-2H3. The van der Waals surface area contributed by atoms with E-state index in [1.807, 2.05) is 0 Å². The summed E-state index contributed by atoms with van der Waals surface area (Å²) >= 11 is 0. The maximum Gasteiger partial charge on any atom is 0.0576 e. The van der Waals surface area contributed by atoms with E-state index in [1.165, 1.54) is 58.0 Å². The minimum atomic E-state index is 0.592. The molecular weight excluding hydrogens is 210 g/mol. The van der Waals surface area contributed by atoms with Crippen molar-refractivity contribution in [1.29, 1.82) is 0 Å². The zero-order chi connectivity index (χ0) is 12.1. The molecule has 0 spiro atoms. The van der Waals surface area contributed by atoms with Gasteiger partial charge in [-0.3, -0.25) is 0 Å². The van der Waals surface area contributed by atoms with Crippen LogP contribution < -0.4 is 5.32 Å². The van der Waals surface area contributed by atoms with Crippen LogP contribution in [0, 0.1) is 11.3 Å². The summed E-state index contributed by atoms with van der Waals surface area (Å²) in [4.78, 5) is 0. The van der Waals surface area contributed by atoms with Gasteiger partial charge in [-0.25, -0.2) is 0 Å². The summed E-state index contributed by atoms with van der Waals surface area (Å²) in [6.07, 6.45) is 10.2. The maximum absolute atomic E-state index is 5.69. The van der Waals surface area contributed by atoms with Crippen LogP contribution in [0.3, 0.4) is 0 Å². The molecule has 1 saturated carbocycles. The molecule has 0 aromatic heterocycles. The number of rotatable bonds is 8. The maximum atomic E-state index is 5.69. The summed E-state index contributed by atoms with van der Waals surface area (Å²) in [6.45, 7) is 7.99. The Morgan fingerprint density at radius 1 is 1.35 bits per heavy atom. The van der Waals surface area contributed by atoms with Gasteiger partial charge >= 0.3 is 0 Å². The molecule has 1 aliphatic heterocycles. The van der Waals surface area contributed by atoms with E-state index >= 15 is 0 Å². The molecule has 1 heterocycles. The predicted octanol–water partition coefficient (Wildman–Crippen LogP) is 3.36. The Bertz CT molecular complexity index is 217. The van der Waals surface area contributed by atoms with Crippen LogP contribution in [0.25, 0.3) is 0 Å². The zero-order valence-electron chi connectivity index (χ0n) is 11.6. The van der Waals surface area contributed by atoms with Crippen LogP contribution in [0.15, 0.2) is 0 Å². The third-order valence-corrected chi connectivity index (χ3v) is 4.27. The lowest BCUT2D eigenvalue weighted by Crippen LogP contribution is -2.27. The van der Waals surface area contributed by atoms with Gasteiger partial charge in [0.05, 0.1) is 6.10 Å². The van der Waals surface area contributed by atoms with Gasteiger partial charge in [0.25, 0.3) is 0 Å². The molecule has 2 nitrogen and oxygen atoms in total. The molecular formula is C15H29NO. The lowest BCUT2D eigenvalue weighted by molar-refractivity contribution is 0.100. The van der Waals surface area contributed by atoms with E-state index in [2.05, 4.69) is 19.2 Å². The van der Waals surface area contributed by atoms with Crippen LogP contribution in [0.2, 0.25) is 0 Å². The fourth-order valence-electron chi connectivity index (χ4n) is 2.89. The summed E-state index contributed by atoms with van der Waals surface area (Å²) < 4.78 is 5.69. The Morgan fingerprint density at radius 2 is 2.18 bits per heavy atom. The average Bonchev–Trinajstić information content (AvgIpc) is 2.85. The van der Waals surface area contributed by atoms with Gasteiger partial charge in [0.15, 0.2) is 0 Å². The third-order valence-electron chi connectivity index (χ3n) is 4.27. The molecule has 17 heavy (non-hydrogen) atoms. The molecule has 2 rings (SSSR count). The second kappa shape index (κ2) is 6.19. The SMILES string of the molecule is CC(C)CNCC1(CCCC2CCCO2)CC1. The van der Waals surface area contributed by atoms with Crippen LogP contribution >= 0.6 is 0 Å². The lowest BCUT2D eigenvalue weighted by atomic mass is 9.97. The second-order valence-electron chi connectivity index (χ2n) is 6.55. The van der Waals surface area contributed by atoms with E-state index in [-0.39, 0.29) is 0 Å². The number of ether oxygens (including phenoxy) is 1. The molecule has 1 unspecified atom stereocenters. The number of hydrogen-bond acceptors (Lipinski definition) is 2. The molecule has 100 valence electrons. The van der Waals surface area contributed by atoms with E-state index in [1.54, 1.807) is 0 Å². The van der Waals surface area contributed by atoms with E-state index in [0.717, 1.165) is 12.5 Å². The fraction of sp³-hybridized carbons (Fsp3) is 1.00. The quantitative estimate of drug-likeness (QED) is 0.701. The van der Waals surface area contributed by atoms with Crippen LogP contribution in [0.5, 0.6) is 0 Å². The highest BCUT2D eigenvalue weighted by atomic mass is 16.5. The van der Waals surface area contributed by atoms with Gasteiger partial charge in [-0.15, -0.1) is 0 Å². The van der Waals surface area contributed by atoms with Crippen molar-refractivity contribution < 1.29 is 4.74 Å². The van der Waals surface area contributed by atoms with Crippen molar-refractivity contribution >= 4 is 0 Å². The topological polar surface area (TPSA) is 21.3 Å². The Balaban J connectivity index is 1.54. The first-order valence-electron chi connectivity index (χ1n) is 7.53. The molecule has 0 bridgehead atoms. The first kappa shape index (κ1) is 13.4. The van der Waals surface area contributed by atoms with Gasteiger partial charge < -0.3 is 10.1 Å². The normalized spacial score (nSPS) is 26.6. The smallest absolute Gasteiger partial charge is 0.0576 e. The molecule has 1 saturated heterocycles. The van der Waals surface area contributed by atoms with Crippen molar-refractivity contribution in [2.75, 3.05) is 19.7 Å².